The molecular weight excluding hydrogens is 400 g/mol. The van der Waals surface area contributed by atoms with Gasteiger partial charge < -0.3 is 14.2 Å². The smallest absolute Gasteiger partial charge is 0.339 e. The maximum atomic E-state index is 12.4. The highest BCUT2D eigenvalue weighted by atomic mass is 35.5. The highest BCUT2D eigenvalue weighted by Gasteiger charge is 2.23. The van der Waals surface area contributed by atoms with E-state index in [2.05, 4.69) is 10.9 Å². The lowest BCUT2D eigenvalue weighted by Crippen LogP contribution is -2.46. The summed E-state index contributed by atoms with van der Waals surface area (Å²) in [7, 11) is 0. The van der Waals surface area contributed by atoms with Gasteiger partial charge in [-0.15, -0.1) is 0 Å². The Kier molecular flexibility index (Phi) is 6.56. The Morgan fingerprint density at radius 1 is 1.03 bits per heavy atom. The molecule has 3 rings (SSSR count). The van der Waals surface area contributed by atoms with Crippen molar-refractivity contribution in [2.75, 3.05) is 13.2 Å². The number of carbonyl (C=O) groups is 3. The fraction of sp³-hybridized carbons (Fsp3) is 0.250. The summed E-state index contributed by atoms with van der Waals surface area (Å²) >= 11 is 6.17. The average molecular weight is 419 g/mol. The zero-order valence-electron chi connectivity index (χ0n) is 15.6. The van der Waals surface area contributed by atoms with Crippen molar-refractivity contribution in [2.24, 2.45) is 0 Å². The quantitative estimate of drug-likeness (QED) is 0.584. The largest absolute Gasteiger partial charge is 0.489 e. The molecule has 0 saturated heterocycles. The van der Waals surface area contributed by atoms with Gasteiger partial charge in [0.1, 0.15) is 0 Å². The molecule has 0 bridgehead atoms. The summed E-state index contributed by atoms with van der Waals surface area (Å²) in [6.07, 6.45) is -0.468. The van der Waals surface area contributed by atoms with Crippen LogP contribution in [-0.4, -0.2) is 37.1 Å². The van der Waals surface area contributed by atoms with Crippen molar-refractivity contribution in [3.63, 3.8) is 0 Å². The highest BCUT2D eigenvalue weighted by molar-refractivity contribution is 6.32. The van der Waals surface area contributed by atoms with Gasteiger partial charge in [-0.05, 0) is 31.2 Å². The maximum Gasteiger partial charge on any atom is 0.339 e. The lowest BCUT2D eigenvalue weighted by Gasteiger charge is -2.15. The number of hydrogen-bond donors (Lipinski definition) is 2. The van der Waals surface area contributed by atoms with Crippen LogP contribution in [0.1, 0.15) is 34.1 Å². The third-order valence-corrected chi connectivity index (χ3v) is 4.31. The number of amides is 2. The van der Waals surface area contributed by atoms with Gasteiger partial charge >= 0.3 is 5.97 Å². The van der Waals surface area contributed by atoms with E-state index in [-0.39, 0.29) is 10.6 Å². The number of halogens is 1. The van der Waals surface area contributed by atoms with Gasteiger partial charge in [-0.2, -0.15) is 0 Å². The minimum absolute atomic E-state index is 0.118. The zero-order valence-corrected chi connectivity index (χ0v) is 16.3. The molecule has 0 saturated carbocycles. The summed E-state index contributed by atoms with van der Waals surface area (Å²) < 4.78 is 16.2. The zero-order chi connectivity index (χ0) is 20.8. The van der Waals surface area contributed by atoms with Crippen molar-refractivity contribution in [3.05, 3.63) is 58.6 Å². The Balaban J connectivity index is 1.58. The molecule has 9 heteroatoms. The third kappa shape index (κ3) is 5.17. The van der Waals surface area contributed by atoms with Crippen molar-refractivity contribution in [1.82, 2.24) is 10.9 Å². The number of carbonyl (C=O) groups excluding carboxylic acids is 3. The van der Waals surface area contributed by atoms with Gasteiger partial charge in [0, 0.05) is 12.0 Å². The molecule has 2 amide bonds. The molecule has 2 N–H and O–H groups in total. The van der Waals surface area contributed by atoms with Crippen molar-refractivity contribution < 1.29 is 28.6 Å². The van der Waals surface area contributed by atoms with Crippen LogP contribution in [0.25, 0.3) is 0 Å². The molecular formula is C20H19ClN2O6. The van der Waals surface area contributed by atoms with E-state index in [4.69, 9.17) is 25.8 Å². The molecule has 2 aromatic rings. The second-order valence-corrected chi connectivity index (χ2v) is 6.60. The summed E-state index contributed by atoms with van der Waals surface area (Å²) in [5.74, 6) is -1.24. The molecule has 1 aliphatic heterocycles. The lowest BCUT2D eigenvalue weighted by molar-refractivity contribution is -0.129. The van der Waals surface area contributed by atoms with Crippen molar-refractivity contribution >= 4 is 29.4 Å². The van der Waals surface area contributed by atoms with E-state index < -0.39 is 23.9 Å². The van der Waals surface area contributed by atoms with Crippen LogP contribution in [0.3, 0.4) is 0 Å². The minimum atomic E-state index is -1.16. The van der Waals surface area contributed by atoms with E-state index in [1.54, 1.807) is 30.3 Å². The first-order valence-electron chi connectivity index (χ1n) is 8.91. The second kappa shape index (κ2) is 9.29. The molecule has 1 atom stereocenters. The highest BCUT2D eigenvalue weighted by Crippen LogP contribution is 2.38. The monoisotopic (exact) mass is 418 g/mol. The number of benzene rings is 2. The lowest BCUT2D eigenvalue weighted by atomic mass is 10.2. The number of ether oxygens (including phenoxy) is 3. The van der Waals surface area contributed by atoms with Crippen molar-refractivity contribution in [3.8, 4) is 11.5 Å². The summed E-state index contributed by atoms with van der Waals surface area (Å²) in [5.41, 5.74) is 4.97. The molecule has 0 radical (unpaired) electrons. The van der Waals surface area contributed by atoms with E-state index in [1.165, 1.54) is 19.1 Å². The molecule has 0 fully saturated rings. The van der Waals surface area contributed by atoms with Gasteiger partial charge in [-0.25, -0.2) is 4.79 Å². The number of rotatable bonds is 4. The molecule has 1 aliphatic rings. The van der Waals surface area contributed by atoms with E-state index in [0.717, 1.165) is 0 Å². The van der Waals surface area contributed by atoms with Crippen LogP contribution < -0.4 is 20.3 Å². The first kappa shape index (κ1) is 20.5. The minimum Gasteiger partial charge on any atom is -0.489 e. The standard InChI is InChI=1S/C20H19ClN2O6/c1-12(18(24)22-23-19(25)13-6-3-2-4-7-13)29-20(26)14-10-15(21)17-16(11-14)27-8-5-9-28-17/h2-4,6-7,10-12H,5,8-9H2,1H3,(H,22,24)(H,23,25)/t12-/m1/s1. The Labute approximate surface area is 172 Å². The number of hydrazine groups is 1. The molecule has 2 aromatic carbocycles. The van der Waals surface area contributed by atoms with Crippen LogP contribution in [0, 0.1) is 0 Å². The molecule has 0 aliphatic carbocycles. The summed E-state index contributed by atoms with van der Waals surface area (Å²) in [4.78, 5) is 36.5. The summed E-state index contributed by atoms with van der Waals surface area (Å²) in [6.45, 7) is 2.27. The first-order chi connectivity index (χ1) is 14.0. The van der Waals surface area contributed by atoms with E-state index >= 15 is 0 Å². The average Bonchev–Trinajstić information content (AvgIpc) is 2.98. The number of esters is 1. The van der Waals surface area contributed by atoms with Gasteiger partial charge in [0.2, 0.25) is 0 Å². The van der Waals surface area contributed by atoms with E-state index in [1.807, 2.05) is 0 Å². The van der Waals surface area contributed by atoms with Crippen LogP contribution in [0.5, 0.6) is 11.5 Å². The number of nitrogens with one attached hydrogen (secondary N) is 2. The summed E-state index contributed by atoms with van der Waals surface area (Å²) in [5, 5.41) is 0.212. The Hall–Kier alpha value is -3.26. The predicted octanol–water partition coefficient (Wildman–Crippen LogP) is 2.51. The fourth-order valence-electron chi connectivity index (χ4n) is 2.51. The molecule has 0 aromatic heterocycles. The van der Waals surface area contributed by atoms with Crippen LogP contribution in [-0.2, 0) is 9.53 Å². The van der Waals surface area contributed by atoms with Crippen LogP contribution in [0.2, 0.25) is 5.02 Å². The second-order valence-electron chi connectivity index (χ2n) is 6.19. The predicted molar refractivity (Wildman–Crippen MR) is 104 cm³/mol. The SMILES string of the molecule is C[C@@H](OC(=O)c1cc(Cl)c2c(c1)OCCCO2)C(=O)NNC(=O)c1ccccc1. The van der Waals surface area contributed by atoms with Crippen molar-refractivity contribution in [2.45, 2.75) is 19.4 Å². The number of fused-ring (bicyclic) bond motifs is 1. The van der Waals surface area contributed by atoms with Crippen molar-refractivity contribution in [1.29, 1.82) is 0 Å². The normalized spacial score (nSPS) is 13.6. The Morgan fingerprint density at radius 2 is 1.76 bits per heavy atom. The number of hydrogen-bond acceptors (Lipinski definition) is 6. The first-order valence-corrected chi connectivity index (χ1v) is 9.29. The van der Waals surface area contributed by atoms with Crippen LogP contribution in [0.15, 0.2) is 42.5 Å². The maximum absolute atomic E-state index is 12.4. The van der Waals surface area contributed by atoms with Gasteiger partial charge in [-0.1, -0.05) is 29.8 Å². The fourth-order valence-corrected chi connectivity index (χ4v) is 2.78. The topological polar surface area (TPSA) is 103 Å². The molecule has 152 valence electrons. The van der Waals surface area contributed by atoms with Crippen LogP contribution in [0.4, 0.5) is 0 Å². The third-order valence-electron chi connectivity index (χ3n) is 4.03. The molecule has 1 heterocycles. The summed E-state index contributed by atoms with van der Waals surface area (Å²) in [6, 6.07) is 11.2. The van der Waals surface area contributed by atoms with Gasteiger partial charge in [-0.3, -0.25) is 20.4 Å². The van der Waals surface area contributed by atoms with Gasteiger partial charge in [0.25, 0.3) is 11.8 Å². The Bertz CT molecular complexity index is 919. The van der Waals surface area contributed by atoms with E-state index in [9.17, 15) is 14.4 Å². The molecule has 0 spiro atoms. The Morgan fingerprint density at radius 3 is 2.52 bits per heavy atom. The molecule has 0 unspecified atom stereocenters. The van der Waals surface area contributed by atoms with Gasteiger partial charge in [0.15, 0.2) is 17.6 Å². The molecule has 29 heavy (non-hydrogen) atoms. The molecule has 8 nitrogen and oxygen atoms in total. The van der Waals surface area contributed by atoms with E-state index in [0.29, 0.717) is 36.7 Å². The van der Waals surface area contributed by atoms with Gasteiger partial charge in [0.05, 0.1) is 23.8 Å². The van der Waals surface area contributed by atoms with Crippen LogP contribution >= 0.6 is 11.6 Å².